The first kappa shape index (κ1) is 16.9. The van der Waals surface area contributed by atoms with Crippen molar-refractivity contribution in [3.05, 3.63) is 53.6 Å². The molecule has 0 saturated heterocycles. The van der Waals surface area contributed by atoms with E-state index in [1.54, 1.807) is 6.92 Å². The van der Waals surface area contributed by atoms with Crippen molar-refractivity contribution in [2.75, 3.05) is 13.7 Å². The van der Waals surface area contributed by atoms with Gasteiger partial charge in [-0.05, 0) is 36.2 Å². The quantitative estimate of drug-likeness (QED) is 0.774. The van der Waals surface area contributed by atoms with E-state index < -0.39 is 17.7 Å². The predicted octanol–water partition coefficient (Wildman–Crippen LogP) is 4.56. The maximum absolute atomic E-state index is 13.1. The van der Waals surface area contributed by atoms with Gasteiger partial charge in [0.2, 0.25) is 0 Å². The summed E-state index contributed by atoms with van der Waals surface area (Å²) >= 11 is 0. The summed E-state index contributed by atoms with van der Waals surface area (Å²) in [4.78, 5) is 12.0. The van der Waals surface area contributed by atoms with Crippen molar-refractivity contribution >= 4 is 5.97 Å². The molecule has 0 heterocycles. The fraction of sp³-hybridized carbons (Fsp3) is 0.235. The van der Waals surface area contributed by atoms with Gasteiger partial charge in [-0.2, -0.15) is 13.2 Å². The van der Waals surface area contributed by atoms with Gasteiger partial charge in [-0.3, -0.25) is 0 Å². The standard InChI is InChI=1S/C17H15F3O3/c1-3-23-16(21)13-10-11(8-9-15(13)22-2)12-6-4-5-7-14(12)17(18,19)20/h4-10H,3H2,1-2H3. The van der Waals surface area contributed by atoms with Crippen LogP contribution in [-0.4, -0.2) is 19.7 Å². The normalized spacial score (nSPS) is 11.2. The summed E-state index contributed by atoms with van der Waals surface area (Å²) in [6, 6.07) is 9.48. The molecule has 2 aromatic rings. The fourth-order valence-electron chi connectivity index (χ4n) is 2.23. The smallest absolute Gasteiger partial charge is 0.417 e. The molecule has 0 fully saturated rings. The Morgan fingerprint density at radius 1 is 1.13 bits per heavy atom. The Hall–Kier alpha value is -2.50. The number of benzene rings is 2. The molecule has 0 aliphatic rings. The number of hydrogen-bond donors (Lipinski definition) is 0. The lowest BCUT2D eigenvalue weighted by Crippen LogP contribution is -2.09. The summed E-state index contributed by atoms with van der Waals surface area (Å²) in [6.45, 7) is 1.80. The van der Waals surface area contributed by atoms with Crippen LogP contribution in [0.3, 0.4) is 0 Å². The molecule has 0 saturated carbocycles. The molecule has 2 aromatic carbocycles. The largest absolute Gasteiger partial charge is 0.496 e. The molecule has 0 atom stereocenters. The monoisotopic (exact) mass is 324 g/mol. The molecular formula is C17H15F3O3. The minimum atomic E-state index is -4.49. The summed E-state index contributed by atoms with van der Waals surface area (Å²) in [5.41, 5.74) is -0.418. The lowest BCUT2D eigenvalue weighted by Gasteiger charge is -2.14. The molecule has 122 valence electrons. The van der Waals surface area contributed by atoms with Crippen molar-refractivity contribution < 1.29 is 27.4 Å². The molecule has 0 aliphatic heterocycles. The third-order valence-corrected chi connectivity index (χ3v) is 3.24. The molecule has 0 aromatic heterocycles. The van der Waals surface area contributed by atoms with Crippen LogP contribution in [0.2, 0.25) is 0 Å². The van der Waals surface area contributed by atoms with Gasteiger partial charge in [0.15, 0.2) is 0 Å². The van der Waals surface area contributed by atoms with Crippen molar-refractivity contribution in [3.63, 3.8) is 0 Å². The number of ether oxygens (including phenoxy) is 2. The van der Waals surface area contributed by atoms with Gasteiger partial charge in [0.1, 0.15) is 11.3 Å². The molecule has 0 bridgehead atoms. The lowest BCUT2D eigenvalue weighted by molar-refractivity contribution is -0.137. The minimum Gasteiger partial charge on any atom is -0.496 e. The zero-order valence-electron chi connectivity index (χ0n) is 12.6. The molecule has 6 heteroatoms. The van der Waals surface area contributed by atoms with Gasteiger partial charge in [0, 0.05) is 0 Å². The van der Waals surface area contributed by atoms with Gasteiger partial charge < -0.3 is 9.47 Å². The summed E-state index contributed by atoms with van der Waals surface area (Å²) in [5.74, 6) is -0.396. The third kappa shape index (κ3) is 3.64. The highest BCUT2D eigenvalue weighted by Crippen LogP contribution is 2.38. The molecule has 0 aliphatic carbocycles. The highest BCUT2D eigenvalue weighted by Gasteiger charge is 2.33. The van der Waals surface area contributed by atoms with E-state index in [9.17, 15) is 18.0 Å². The second-order valence-electron chi connectivity index (χ2n) is 4.68. The summed E-state index contributed by atoms with van der Waals surface area (Å²) < 4.78 is 49.4. The van der Waals surface area contributed by atoms with Gasteiger partial charge in [-0.1, -0.05) is 24.3 Å². The first-order valence-corrected chi connectivity index (χ1v) is 6.90. The maximum Gasteiger partial charge on any atom is 0.417 e. The Labute approximate surface area is 131 Å². The Kier molecular flexibility index (Phi) is 4.93. The van der Waals surface area contributed by atoms with Gasteiger partial charge in [0.05, 0.1) is 19.3 Å². The van der Waals surface area contributed by atoms with E-state index >= 15 is 0 Å². The van der Waals surface area contributed by atoms with Crippen LogP contribution in [0.1, 0.15) is 22.8 Å². The Bertz CT molecular complexity index is 708. The van der Waals surface area contributed by atoms with Crippen LogP contribution in [0.15, 0.2) is 42.5 Å². The topological polar surface area (TPSA) is 35.5 Å². The SMILES string of the molecule is CCOC(=O)c1cc(-c2ccccc2C(F)(F)F)ccc1OC. The molecule has 0 spiro atoms. The molecule has 0 unspecified atom stereocenters. The van der Waals surface area contributed by atoms with Crippen LogP contribution in [0.25, 0.3) is 11.1 Å². The van der Waals surface area contributed by atoms with E-state index in [-0.39, 0.29) is 29.0 Å². The number of methoxy groups -OCH3 is 1. The van der Waals surface area contributed by atoms with E-state index in [0.717, 1.165) is 6.07 Å². The van der Waals surface area contributed by atoms with E-state index in [1.165, 1.54) is 43.5 Å². The number of halogens is 3. The van der Waals surface area contributed by atoms with Gasteiger partial charge >= 0.3 is 12.1 Å². The number of alkyl halides is 3. The highest BCUT2D eigenvalue weighted by molar-refractivity contribution is 5.94. The van der Waals surface area contributed by atoms with E-state index in [2.05, 4.69) is 0 Å². The molecule has 3 nitrogen and oxygen atoms in total. The van der Waals surface area contributed by atoms with Gasteiger partial charge in [0.25, 0.3) is 0 Å². The molecule has 0 N–H and O–H groups in total. The van der Waals surface area contributed by atoms with E-state index in [4.69, 9.17) is 9.47 Å². The van der Waals surface area contributed by atoms with Crippen LogP contribution < -0.4 is 4.74 Å². The average molecular weight is 324 g/mol. The number of carbonyl (C=O) groups excluding carboxylic acids is 1. The Morgan fingerprint density at radius 2 is 1.83 bits per heavy atom. The molecule has 23 heavy (non-hydrogen) atoms. The fourth-order valence-corrected chi connectivity index (χ4v) is 2.23. The Balaban J connectivity index is 2.58. The number of rotatable bonds is 4. The van der Waals surface area contributed by atoms with Crippen LogP contribution in [0.4, 0.5) is 13.2 Å². The molecule has 0 radical (unpaired) electrons. The Morgan fingerprint density at radius 3 is 2.43 bits per heavy atom. The zero-order chi connectivity index (χ0) is 17.0. The second kappa shape index (κ2) is 6.73. The highest BCUT2D eigenvalue weighted by atomic mass is 19.4. The van der Waals surface area contributed by atoms with Crippen molar-refractivity contribution in [2.45, 2.75) is 13.1 Å². The van der Waals surface area contributed by atoms with Crippen molar-refractivity contribution in [1.82, 2.24) is 0 Å². The van der Waals surface area contributed by atoms with Crippen molar-refractivity contribution in [3.8, 4) is 16.9 Å². The summed E-state index contributed by atoms with van der Waals surface area (Å²) in [7, 11) is 1.38. The van der Waals surface area contributed by atoms with Gasteiger partial charge in [-0.25, -0.2) is 4.79 Å². The number of hydrogen-bond acceptors (Lipinski definition) is 3. The summed E-state index contributed by atoms with van der Waals surface area (Å²) in [6.07, 6.45) is -4.49. The zero-order valence-corrected chi connectivity index (χ0v) is 12.6. The van der Waals surface area contributed by atoms with Crippen LogP contribution in [-0.2, 0) is 10.9 Å². The summed E-state index contributed by atoms with van der Waals surface area (Å²) in [5, 5.41) is 0. The van der Waals surface area contributed by atoms with Crippen LogP contribution in [0, 0.1) is 0 Å². The van der Waals surface area contributed by atoms with Crippen LogP contribution in [0.5, 0.6) is 5.75 Å². The molecule has 0 amide bonds. The lowest BCUT2D eigenvalue weighted by atomic mass is 9.97. The third-order valence-electron chi connectivity index (χ3n) is 3.24. The number of carbonyl (C=O) groups is 1. The average Bonchev–Trinajstić information content (AvgIpc) is 2.53. The van der Waals surface area contributed by atoms with E-state index in [1.807, 2.05) is 0 Å². The van der Waals surface area contributed by atoms with Gasteiger partial charge in [-0.15, -0.1) is 0 Å². The van der Waals surface area contributed by atoms with Crippen molar-refractivity contribution in [1.29, 1.82) is 0 Å². The molecule has 2 rings (SSSR count). The molecular weight excluding hydrogens is 309 g/mol. The number of esters is 1. The van der Waals surface area contributed by atoms with E-state index in [0.29, 0.717) is 0 Å². The first-order chi connectivity index (χ1) is 10.9. The minimum absolute atomic E-state index is 0.00629. The second-order valence-corrected chi connectivity index (χ2v) is 4.68. The maximum atomic E-state index is 13.1. The van der Waals surface area contributed by atoms with Crippen LogP contribution >= 0.6 is 0 Å². The first-order valence-electron chi connectivity index (χ1n) is 6.90. The van der Waals surface area contributed by atoms with Crippen molar-refractivity contribution in [2.24, 2.45) is 0 Å². The predicted molar refractivity (Wildman–Crippen MR) is 79.4 cm³/mol.